The fourth-order valence-electron chi connectivity index (χ4n) is 1.81. The molecule has 0 saturated heterocycles. The van der Waals surface area contributed by atoms with Gasteiger partial charge in [0.2, 0.25) is 0 Å². The normalized spacial score (nSPS) is 13.7. The number of aromatic amines is 1. The monoisotopic (exact) mass is 267 g/mol. The van der Waals surface area contributed by atoms with Crippen molar-refractivity contribution in [2.45, 2.75) is 0 Å². The predicted octanol–water partition coefficient (Wildman–Crippen LogP) is 1.36. The van der Waals surface area contributed by atoms with E-state index in [2.05, 4.69) is 25.8 Å². The molecule has 1 aromatic carbocycles. The third-order valence-electron chi connectivity index (χ3n) is 2.68. The van der Waals surface area contributed by atoms with E-state index in [0.717, 1.165) is 41.5 Å². The van der Waals surface area contributed by atoms with Gasteiger partial charge in [0.25, 0.3) is 0 Å². The Kier molecular flexibility index (Phi) is 3.57. The molecule has 1 aliphatic heterocycles. The topological polar surface area (TPSA) is 74.3 Å². The molecule has 3 rings (SSSR count). The number of hydrogen-bond donors (Lipinski definition) is 3. The zero-order chi connectivity index (χ0) is 11.7. The van der Waals surface area contributed by atoms with E-state index in [1.165, 1.54) is 0 Å². The number of benzene rings is 1. The lowest BCUT2D eigenvalue weighted by molar-refractivity contribution is 0.415. The molecule has 7 heteroatoms. The minimum atomic E-state index is 0. The summed E-state index contributed by atoms with van der Waals surface area (Å²) >= 11 is 0. The molecule has 1 aromatic heterocycles. The van der Waals surface area contributed by atoms with Crippen molar-refractivity contribution >= 4 is 35.1 Å². The highest BCUT2D eigenvalue weighted by atomic mass is 35.5. The van der Waals surface area contributed by atoms with Crippen molar-refractivity contribution < 1.29 is 4.74 Å². The molecule has 96 valence electrons. The van der Waals surface area contributed by atoms with Gasteiger partial charge in [-0.2, -0.15) is 5.10 Å². The summed E-state index contributed by atoms with van der Waals surface area (Å²) in [5, 5.41) is 14.5. The fourth-order valence-corrected chi connectivity index (χ4v) is 1.81. The molecule has 0 aliphatic carbocycles. The second kappa shape index (κ2) is 5.14. The maximum Gasteiger partial charge on any atom is 0.197 e. The number of methoxy groups -OCH3 is 1. The number of aliphatic imine (C=N–C) groups is 1. The molecule has 18 heavy (non-hydrogen) atoms. The molecular formula is C11H14ClN5O. The van der Waals surface area contributed by atoms with Crippen molar-refractivity contribution in [3.05, 3.63) is 18.2 Å². The van der Waals surface area contributed by atoms with Crippen LogP contribution < -0.4 is 15.4 Å². The number of ether oxygens (including phenoxy) is 1. The largest absolute Gasteiger partial charge is 0.497 e. The Morgan fingerprint density at radius 1 is 1.39 bits per heavy atom. The molecule has 0 radical (unpaired) electrons. The summed E-state index contributed by atoms with van der Waals surface area (Å²) in [6.45, 7) is 1.67. The highest BCUT2D eigenvalue weighted by molar-refractivity contribution is 6.01. The first-order chi connectivity index (χ1) is 8.36. The van der Waals surface area contributed by atoms with Crippen molar-refractivity contribution in [2.75, 3.05) is 25.5 Å². The second-order valence-electron chi connectivity index (χ2n) is 3.77. The van der Waals surface area contributed by atoms with Crippen LogP contribution in [0.3, 0.4) is 0 Å². The second-order valence-corrected chi connectivity index (χ2v) is 3.77. The Labute approximate surface area is 110 Å². The van der Waals surface area contributed by atoms with Crippen LogP contribution in [0.2, 0.25) is 0 Å². The van der Waals surface area contributed by atoms with Gasteiger partial charge in [0, 0.05) is 11.9 Å². The molecule has 0 spiro atoms. The maximum atomic E-state index is 5.20. The van der Waals surface area contributed by atoms with Gasteiger partial charge in [-0.3, -0.25) is 10.1 Å². The van der Waals surface area contributed by atoms with Crippen LogP contribution in [0.5, 0.6) is 5.75 Å². The molecule has 6 nitrogen and oxygen atoms in total. The first kappa shape index (κ1) is 12.5. The van der Waals surface area contributed by atoms with Gasteiger partial charge < -0.3 is 15.4 Å². The van der Waals surface area contributed by atoms with Crippen molar-refractivity contribution in [3.8, 4) is 5.75 Å². The first-order valence-corrected chi connectivity index (χ1v) is 5.44. The van der Waals surface area contributed by atoms with Crippen LogP contribution in [0, 0.1) is 0 Å². The number of nitrogens with one attached hydrogen (secondary N) is 3. The third-order valence-corrected chi connectivity index (χ3v) is 2.68. The molecule has 1 aliphatic rings. The number of hydrogen-bond acceptors (Lipinski definition) is 5. The van der Waals surface area contributed by atoms with E-state index < -0.39 is 0 Å². The van der Waals surface area contributed by atoms with E-state index in [-0.39, 0.29) is 12.4 Å². The highest BCUT2D eigenvalue weighted by Crippen LogP contribution is 2.25. The van der Waals surface area contributed by atoms with Crippen LogP contribution in [-0.2, 0) is 0 Å². The van der Waals surface area contributed by atoms with Gasteiger partial charge in [-0.1, -0.05) is 0 Å². The van der Waals surface area contributed by atoms with Crippen molar-refractivity contribution in [1.82, 2.24) is 15.5 Å². The Balaban J connectivity index is 0.00000120. The Hall–Kier alpha value is -1.95. The number of halogens is 1. The zero-order valence-electron chi connectivity index (χ0n) is 9.86. The number of H-pyrrole nitrogens is 1. The van der Waals surface area contributed by atoms with Crippen molar-refractivity contribution in [2.24, 2.45) is 4.99 Å². The van der Waals surface area contributed by atoms with E-state index >= 15 is 0 Å². The Morgan fingerprint density at radius 2 is 2.28 bits per heavy atom. The van der Waals surface area contributed by atoms with Gasteiger partial charge in [0.1, 0.15) is 5.75 Å². The first-order valence-electron chi connectivity index (χ1n) is 5.44. The zero-order valence-corrected chi connectivity index (χ0v) is 10.7. The highest BCUT2D eigenvalue weighted by Gasteiger charge is 2.10. The molecule has 2 heterocycles. The van der Waals surface area contributed by atoms with Crippen LogP contribution in [0.25, 0.3) is 10.9 Å². The van der Waals surface area contributed by atoms with Crippen molar-refractivity contribution in [3.63, 3.8) is 0 Å². The average molecular weight is 268 g/mol. The van der Waals surface area contributed by atoms with Gasteiger partial charge in [-0.15, -0.1) is 12.4 Å². The quantitative estimate of drug-likeness (QED) is 0.768. The Bertz CT molecular complexity index is 580. The van der Waals surface area contributed by atoms with Crippen LogP contribution in [0.15, 0.2) is 23.2 Å². The molecule has 0 atom stereocenters. The summed E-state index contributed by atoms with van der Waals surface area (Å²) in [5.41, 5.74) is 0.965. The summed E-state index contributed by atoms with van der Waals surface area (Å²) in [6.07, 6.45) is 0. The SMILES string of the molecule is COc1ccc2[nH]nc(NC3=NCCN3)c2c1.Cl. The van der Waals surface area contributed by atoms with E-state index in [1.54, 1.807) is 7.11 Å². The summed E-state index contributed by atoms with van der Waals surface area (Å²) in [7, 11) is 1.65. The molecule has 0 bridgehead atoms. The van der Waals surface area contributed by atoms with Gasteiger partial charge in [0.15, 0.2) is 11.8 Å². The lowest BCUT2D eigenvalue weighted by atomic mass is 10.2. The van der Waals surface area contributed by atoms with E-state index in [0.29, 0.717) is 0 Å². The Morgan fingerprint density at radius 3 is 3.00 bits per heavy atom. The van der Waals surface area contributed by atoms with Gasteiger partial charge in [-0.05, 0) is 18.2 Å². The van der Waals surface area contributed by atoms with Crippen molar-refractivity contribution in [1.29, 1.82) is 0 Å². The van der Waals surface area contributed by atoms with Crippen LogP contribution in [-0.4, -0.2) is 36.4 Å². The summed E-state index contributed by atoms with van der Waals surface area (Å²) in [5.74, 6) is 2.33. The lowest BCUT2D eigenvalue weighted by Gasteiger charge is -2.04. The van der Waals surface area contributed by atoms with Crippen LogP contribution >= 0.6 is 12.4 Å². The molecule has 0 saturated carbocycles. The number of fused-ring (bicyclic) bond motifs is 1. The smallest absolute Gasteiger partial charge is 0.197 e. The average Bonchev–Trinajstić information content (AvgIpc) is 2.99. The number of aromatic nitrogens is 2. The molecule has 0 unspecified atom stereocenters. The maximum absolute atomic E-state index is 5.20. The third kappa shape index (κ3) is 2.19. The fraction of sp³-hybridized carbons (Fsp3) is 0.273. The van der Waals surface area contributed by atoms with Gasteiger partial charge in [0.05, 0.1) is 19.2 Å². The predicted molar refractivity (Wildman–Crippen MR) is 73.8 cm³/mol. The number of anilines is 1. The number of guanidine groups is 1. The van der Waals surface area contributed by atoms with Gasteiger partial charge >= 0.3 is 0 Å². The standard InChI is InChI=1S/C11H13N5O.ClH/c1-17-7-2-3-9-8(6-7)10(16-15-9)14-11-12-4-5-13-11;/h2-3,6H,4-5H2,1H3,(H3,12,13,14,15,16);1H. The van der Waals surface area contributed by atoms with Gasteiger partial charge in [-0.25, -0.2) is 0 Å². The molecular weight excluding hydrogens is 254 g/mol. The number of nitrogens with zero attached hydrogens (tertiary/aromatic N) is 2. The molecule has 0 fully saturated rings. The van der Waals surface area contributed by atoms with Crippen LogP contribution in [0.1, 0.15) is 0 Å². The lowest BCUT2D eigenvalue weighted by Crippen LogP contribution is -2.26. The molecule has 0 amide bonds. The summed E-state index contributed by atoms with van der Waals surface area (Å²) < 4.78 is 5.20. The summed E-state index contributed by atoms with van der Waals surface area (Å²) in [6, 6.07) is 5.78. The molecule has 3 N–H and O–H groups in total. The van der Waals surface area contributed by atoms with E-state index in [1.807, 2.05) is 18.2 Å². The minimum Gasteiger partial charge on any atom is -0.497 e. The number of rotatable bonds is 2. The summed E-state index contributed by atoms with van der Waals surface area (Å²) in [4.78, 5) is 4.27. The molecule has 2 aromatic rings. The minimum absolute atomic E-state index is 0. The van der Waals surface area contributed by atoms with Crippen LogP contribution in [0.4, 0.5) is 5.82 Å². The van der Waals surface area contributed by atoms with E-state index in [9.17, 15) is 0 Å². The van der Waals surface area contributed by atoms with E-state index in [4.69, 9.17) is 4.74 Å².